The summed E-state index contributed by atoms with van der Waals surface area (Å²) in [5.41, 5.74) is 1.56. The van der Waals surface area contributed by atoms with Gasteiger partial charge < -0.3 is 19.7 Å². The summed E-state index contributed by atoms with van der Waals surface area (Å²) < 4.78 is 10.8. The van der Waals surface area contributed by atoms with Crippen LogP contribution in [0.2, 0.25) is 0 Å². The SMILES string of the molecule is COCCN(C(=O)c1cccc2c1OCCN2)C1CC1. The third-order valence-corrected chi connectivity index (χ3v) is 3.69. The molecule has 0 radical (unpaired) electrons. The molecule has 0 bridgehead atoms. The summed E-state index contributed by atoms with van der Waals surface area (Å²) in [5.74, 6) is 0.733. The lowest BCUT2D eigenvalue weighted by Gasteiger charge is -2.26. The van der Waals surface area contributed by atoms with Crippen molar-refractivity contribution in [2.75, 3.05) is 38.7 Å². The van der Waals surface area contributed by atoms with Gasteiger partial charge in [0.1, 0.15) is 6.61 Å². The van der Waals surface area contributed by atoms with Crippen LogP contribution in [-0.2, 0) is 4.74 Å². The number of rotatable bonds is 5. The summed E-state index contributed by atoms with van der Waals surface area (Å²) in [6, 6.07) is 6.05. The molecule has 108 valence electrons. The van der Waals surface area contributed by atoms with Crippen molar-refractivity contribution in [2.45, 2.75) is 18.9 Å². The highest BCUT2D eigenvalue weighted by Crippen LogP contribution is 2.34. The Balaban J connectivity index is 1.85. The van der Waals surface area contributed by atoms with Crippen molar-refractivity contribution in [3.8, 4) is 5.75 Å². The van der Waals surface area contributed by atoms with Gasteiger partial charge in [-0.05, 0) is 25.0 Å². The summed E-state index contributed by atoms with van der Waals surface area (Å²) >= 11 is 0. The highest BCUT2D eigenvalue weighted by atomic mass is 16.5. The summed E-state index contributed by atoms with van der Waals surface area (Å²) in [6.45, 7) is 2.58. The average Bonchev–Trinajstić information content (AvgIpc) is 3.31. The van der Waals surface area contributed by atoms with Crippen molar-refractivity contribution in [2.24, 2.45) is 0 Å². The summed E-state index contributed by atoms with van der Waals surface area (Å²) in [4.78, 5) is 14.7. The summed E-state index contributed by atoms with van der Waals surface area (Å²) in [5, 5.41) is 3.26. The van der Waals surface area contributed by atoms with E-state index in [-0.39, 0.29) is 5.91 Å². The molecule has 1 aliphatic carbocycles. The van der Waals surface area contributed by atoms with Crippen LogP contribution in [0.5, 0.6) is 5.75 Å². The second kappa shape index (κ2) is 5.71. The number of hydrogen-bond acceptors (Lipinski definition) is 4. The Bertz CT molecular complexity index is 500. The number of hydrogen-bond donors (Lipinski definition) is 1. The Labute approximate surface area is 118 Å². The second-order valence-corrected chi connectivity index (χ2v) is 5.18. The summed E-state index contributed by atoms with van der Waals surface area (Å²) in [7, 11) is 1.66. The number of ether oxygens (including phenoxy) is 2. The van der Waals surface area contributed by atoms with Crippen LogP contribution in [0.1, 0.15) is 23.2 Å². The fourth-order valence-electron chi connectivity index (χ4n) is 2.52. The predicted octanol–water partition coefficient (Wildman–Crippen LogP) is 1.74. The maximum absolute atomic E-state index is 12.8. The topological polar surface area (TPSA) is 50.8 Å². The van der Waals surface area contributed by atoms with Gasteiger partial charge in [-0.25, -0.2) is 0 Å². The Morgan fingerprint density at radius 1 is 1.50 bits per heavy atom. The van der Waals surface area contributed by atoms with Crippen LogP contribution < -0.4 is 10.1 Å². The first-order chi connectivity index (χ1) is 9.81. The molecule has 1 aromatic rings. The maximum atomic E-state index is 12.8. The molecule has 3 rings (SSSR count). The number of amides is 1. The van der Waals surface area contributed by atoms with E-state index < -0.39 is 0 Å². The third-order valence-electron chi connectivity index (χ3n) is 3.69. The van der Waals surface area contributed by atoms with E-state index in [1.165, 1.54) is 0 Å². The normalized spacial score (nSPS) is 16.9. The van der Waals surface area contributed by atoms with E-state index in [1.54, 1.807) is 7.11 Å². The van der Waals surface area contributed by atoms with Gasteiger partial charge in [-0.3, -0.25) is 4.79 Å². The van der Waals surface area contributed by atoms with Crippen molar-refractivity contribution < 1.29 is 14.3 Å². The monoisotopic (exact) mass is 276 g/mol. The molecule has 5 nitrogen and oxygen atoms in total. The Hall–Kier alpha value is -1.75. The smallest absolute Gasteiger partial charge is 0.258 e. The first-order valence-electron chi connectivity index (χ1n) is 7.11. The maximum Gasteiger partial charge on any atom is 0.258 e. The highest BCUT2D eigenvalue weighted by molar-refractivity contribution is 5.99. The summed E-state index contributed by atoms with van der Waals surface area (Å²) in [6.07, 6.45) is 2.17. The quantitative estimate of drug-likeness (QED) is 0.890. The van der Waals surface area contributed by atoms with Gasteiger partial charge in [0.15, 0.2) is 5.75 Å². The zero-order valence-electron chi connectivity index (χ0n) is 11.7. The molecular weight excluding hydrogens is 256 g/mol. The molecule has 0 unspecified atom stereocenters. The molecule has 1 aromatic carbocycles. The van der Waals surface area contributed by atoms with Gasteiger partial charge in [0.25, 0.3) is 5.91 Å². The molecular formula is C15H20N2O3. The van der Waals surface area contributed by atoms with Gasteiger partial charge in [0.2, 0.25) is 0 Å². The highest BCUT2D eigenvalue weighted by Gasteiger charge is 2.34. The number of benzene rings is 1. The molecule has 0 saturated heterocycles. The molecule has 1 aliphatic heterocycles. The van der Waals surface area contributed by atoms with E-state index in [0.29, 0.717) is 37.1 Å². The van der Waals surface area contributed by atoms with E-state index in [2.05, 4.69) is 5.32 Å². The second-order valence-electron chi connectivity index (χ2n) is 5.18. The number of para-hydroxylation sites is 1. The fraction of sp³-hybridized carbons (Fsp3) is 0.533. The van der Waals surface area contributed by atoms with E-state index in [0.717, 1.165) is 25.1 Å². The first kappa shape index (κ1) is 13.2. The minimum Gasteiger partial charge on any atom is -0.489 e. The van der Waals surface area contributed by atoms with Crippen molar-refractivity contribution in [1.82, 2.24) is 4.90 Å². The molecule has 20 heavy (non-hydrogen) atoms. The van der Waals surface area contributed by atoms with E-state index >= 15 is 0 Å². The minimum atomic E-state index is 0.0464. The zero-order chi connectivity index (χ0) is 13.9. The number of carbonyl (C=O) groups excluding carboxylic acids is 1. The van der Waals surface area contributed by atoms with Crippen molar-refractivity contribution in [1.29, 1.82) is 0 Å². The lowest BCUT2D eigenvalue weighted by molar-refractivity contribution is 0.0676. The molecule has 1 heterocycles. The molecule has 1 amide bonds. The number of fused-ring (bicyclic) bond motifs is 1. The van der Waals surface area contributed by atoms with Gasteiger partial charge in [-0.15, -0.1) is 0 Å². The van der Waals surface area contributed by atoms with E-state index in [1.807, 2.05) is 23.1 Å². The van der Waals surface area contributed by atoms with E-state index in [9.17, 15) is 4.79 Å². The Morgan fingerprint density at radius 2 is 2.35 bits per heavy atom. The molecule has 0 spiro atoms. The van der Waals surface area contributed by atoms with Gasteiger partial charge >= 0.3 is 0 Å². The molecule has 2 aliphatic rings. The minimum absolute atomic E-state index is 0.0464. The molecule has 0 aromatic heterocycles. The standard InChI is InChI=1S/C15H20N2O3/c1-19-10-8-17(11-5-6-11)15(18)12-3-2-4-13-14(12)20-9-7-16-13/h2-4,11,16H,5-10H2,1H3. The average molecular weight is 276 g/mol. The van der Waals surface area contributed by atoms with Crippen LogP contribution >= 0.6 is 0 Å². The van der Waals surface area contributed by atoms with Crippen LogP contribution in [0.4, 0.5) is 5.69 Å². The van der Waals surface area contributed by atoms with E-state index in [4.69, 9.17) is 9.47 Å². The van der Waals surface area contributed by atoms with Crippen LogP contribution in [0.3, 0.4) is 0 Å². The number of nitrogens with zero attached hydrogens (tertiary/aromatic N) is 1. The number of anilines is 1. The number of nitrogens with one attached hydrogen (secondary N) is 1. The fourth-order valence-corrected chi connectivity index (χ4v) is 2.52. The molecule has 5 heteroatoms. The van der Waals surface area contributed by atoms with Crippen molar-refractivity contribution in [3.63, 3.8) is 0 Å². The van der Waals surface area contributed by atoms with Crippen LogP contribution in [0.25, 0.3) is 0 Å². The number of methoxy groups -OCH3 is 1. The van der Waals surface area contributed by atoms with Gasteiger partial charge in [0.05, 0.1) is 17.9 Å². The molecule has 1 N–H and O–H groups in total. The first-order valence-corrected chi connectivity index (χ1v) is 7.11. The van der Waals surface area contributed by atoms with Crippen LogP contribution in [0, 0.1) is 0 Å². The van der Waals surface area contributed by atoms with Crippen molar-refractivity contribution in [3.05, 3.63) is 23.8 Å². The van der Waals surface area contributed by atoms with Gasteiger partial charge in [-0.2, -0.15) is 0 Å². The van der Waals surface area contributed by atoms with Crippen LogP contribution in [-0.4, -0.2) is 50.3 Å². The van der Waals surface area contributed by atoms with Gasteiger partial charge in [-0.1, -0.05) is 6.07 Å². The van der Waals surface area contributed by atoms with Gasteiger partial charge in [0, 0.05) is 26.2 Å². The Kier molecular flexibility index (Phi) is 3.78. The van der Waals surface area contributed by atoms with Crippen LogP contribution in [0.15, 0.2) is 18.2 Å². The lowest BCUT2D eigenvalue weighted by atomic mass is 10.1. The van der Waals surface area contributed by atoms with Crippen molar-refractivity contribution >= 4 is 11.6 Å². The molecule has 1 saturated carbocycles. The largest absolute Gasteiger partial charge is 0.489 e. The third kappa shape index (κ3) is 2.58. The number of carbonyl (C=O) groups is 1. The lowest BCUT2D eigenvalue weighted by Crippen LogP contribution is -2.36. The molecule has 1 fully saturated rings. The Morgan fingerprint density at radius 3 is 3.10 bits per heavy atom. The zero-order valence-corrected chi connectivity index (χ0v) is 11.7. The molecule has 0 atom stereocenters. The predicted molar refractivity (Wildman–Crippen MR) is 76.4 cm³/mol.